The Hall–Kier alpha value is -9.09. The van der Waals surface area contributed by atoms with E-state index < -0.39 is 47.5 Å². The number of ether oxygens (including phenoxy) is 5. The SMILES string of the molecule is CC[C@@]1(O)C(=O)OCc2c1cc1n(c2=O)Cc2c-1nc1ccccc1c2CCN(C(=O)OCc1ccc(NC(=O)[C@H](C)NC(=O)[C@@H](NC(=O)COCCOCCOCCNC(=O)CCC(=O)N2Cc3ccccc3/C=C\c3ccccc32)C(C)C)cc1)C(C)C. The first-order chi connectivity index (χ1) is 43.3. The average Bonchev–Trinajstić information content (AvgIpc) is 1.47. The van der Waals surface area contributed by atoms with Gasteiger partial charge in [-0.05, 0) is 97.7 Å². The van der Waals surface area contributed by atoms with Crippen LogP contribution in [-0.2, 0) is 90.8 Å². The number of hydrogen-bond acceptors (Lipinski definition) is 15. The zero-order valence-corrected chi connectivity index (χ0v) is 51.6. The summed E-state index contributed by atoms with van der Waals surface area (Å²) < 4.78 is 29.3. The number of esters is 1. The summed E-state index contributed by atoms with van der Waals surface area (Å²) in [6.07, 6.45) is 4.03. The van der Waals surface area contributed by atoms with E-state index in [9.17, 15) is 43.5 Å². The first-order valence-corrected chi connectivity index (χ1v) is 30.5. The van der Waals surface area contributed by atoms with Crippen molar-refractivity contribution in [2.24, 2.45) is 5.92 Å². The molecule has 0 spiro atoms. The molecule has 9 rings (SSSR count). The fourth-order valence-electron chi connectivity index (χ4n) is 11.2. The Balaban J connectivity index is 0.648. The lowest BCUT2D eigenvalue weighted by atomic mass is 9.86. The smallest absolute Gasteiger partial charge is 0.410 e. The Morgan fingerprint density at radius 3 is 2.19 bits per heavy atom. The molecular weight excluding hydrogens is 1150 g/mol. The van der Waals surface area contributed by atoms with Crippen LogP contribution in [0.5, 0.6) is 0 Å². The number of benzene rings is 4. The van der Waals surface area contributed by atoms with Crippen molar-refractivity contribution < 1.29 is 62.4 Å². The zero-order chi connectivity index (χ0) is 64.1. The van der Waals surface area contributed by atoms with Crippen molar-refractivity contribution in [3.63, 3.8) is 0 Å². The third-order valence-electron chi connectivity index (χ3n) is 16.2. The lowest BCUT2D eigenvalue weighted by Gasteiger charge is -2.31. The van der Waals surface area contributed by atoms with E-state index in [1.807, 2.05) is 92.7 Å². The molecule has 5 heterocycles. The van der Waals surface area contributed by atoms with Gasteiger partial charge in [0.1, 0.15) is 31.9 Å². The van der Waals surface area contributed by atoms with E-state index in [4.69, 9.17) is 28.7 Å². The Morgan fingerprint density at radius 1 is 0.756 bits per heavy atom. The van der Waals surface area contributed by atoms with Crippen LogP contribution in [-0.4, -0.2) is 132 Å². The normalized spacial score (nSPS) is 15.6. The highest BCUT2D eigenvalue weighted by molar-refractivity contribution is 6.00. The molecular formula is C68H78N8O14. The van der Waals surface area contributed by atoms with Crippen molar-refractivity contribution in [3.05, 3.63) is 158 Å². The molecule has 0 unspecified atom stereocenters. The van der Waals surface area contributed by atoms with Crippen LogP contribution in [0, 0.1) is 5.92 Å². The maximum absolute atomic E-state index is 14.0. The Labute approximate surface area is 522 Å². The van der Waals surface area contributed by atoms with E-state index in [1.54, 1.807) is 65.5 Å². The topological polar surface area (TPSA) is 275 Å². The molecule has 6 aromatic rings. The fraction of sp³-hybridized carbons (Fsp3) is 0.397. The number of cyclic esters (lactones) is 1. The Morgan fingerprint density at radius 2 is 1.44 bits per heavy atom. The number of carbonyl (C=O) groups excluding carboxylic acids is 7. The van der Waals surface area contributed by atoms with Crippen LogP contribution in [0.3, 0.4) is 0 Å². The molecule has 22 nitrogen and oxygen atoms in total. The second kappa shape index (κ2) is 29.9. The summed E-state index contributed by atoms with van der Waals surface area (Å²) >= 11 is 0. The van der Waals surface area contributed by atoms with Crippen LogP contribution in [0.2, 0.25) is 0 Å². The number of nitrogens with one attached hydrogen (secondary N) is 4. The number of pyridine rings is 2. The highest BCUT2D eigenvalue weighted by Crippen LogP contribution is 2.41. The number of para-hydroxylation sites is 2. The molecule has 90 heavy (non-hydrogen) atoms. The maximum Gasteiger partial charge on any atom is 0.410 e. The number of fused-ring (bicyclic) bond motifs is 7. The minimum atomic E-state index is -1.96. The summed E-state index contributed by atoms with van der Waals surface area (Å²) in [4.78, 5) is 114. The second-order valence-electron chi connectivity index (χ2n) is 23.0. The van der Waals surface area contributed by atoms with Gasteiger partial charge in [-0.1, -0.05) is 106 Å². The molecule has 474 valence electrons. The number of aromatic nitrogens is 2. The largest absolute Gasteiger partial charge is 0.458 e. The number of nitrogens with zero attached hydrogens (tertiary/aromatic N) is 4. The number of carbonyl (C=O) groups is 7. The standard InChI is InChI=1S/C68H78N8O14/c1-7-68(85)54-36-57-62-52(38-76(57)65(82)53(54)40-89-66(68)83)50(51-17-11-12-18-55(51)72-62)28-30-74(43(4)5)67(84)90-39-45-20-24-49(25-21-45)71-63(80)44(6)70-64(81)61(42(2)3)73-59(78)41-88-35-34-87-33-32-86-31-29-69-58(77)26-27-60(79)75-37-48-16-9-8-14-46(48)22-23-47-15-10-13-19-56(47)75/h8-25,36,42-44,61,85H,7,26-35,37-41H2,1-6H3,(H,69,77)(H,70,81)(H,71,80)(H,73,78)/b23-22-/t44-,61-,68-/m0/s1. The van der Waals surface area contributed by atoms with Crippen molar-refractivity contribution in [2.75, 3.05) is 62.9 Å². The van der Waals surface area contributed by atoms with E-state index in [1.165, 1.54) is 6.92 Å². The third-order valence-corrected chi connectivity index (χ3v) is 16.2. The highest BCUT2D eigenvalue weighted by Gasteiger charge is 2.46. The van der Waals surface area contributed by atoms with Gasteiger partial charge >= 0.3 is 12.1 Å². The first-order valence-electron chi connectivity index (χ1n) is 30.5. The predicted molar refractivity (Wildman–Crippen MR) is 337 cm³/mol. The van der Waals surface area contributed by atoms with E-state index in [-0.39, 0.29) is 132 Å². The monoisotopic (exact) mass is 1230 g/mol. The molecule has 0 saturated heterocycles. The van der Waals surface area contributed by atoms with Crippen LogP contribution >= 0.6 is 0 Å². The van der Waals surface area contributed by atoms with Gasteiger partial charge in [-0.2, -0.15) is 0 Å². The van der Waals surface area contributed by atoms with Gasteiger partial charge < -0.3 is 64.4 Å². The van der Waals surface area contributed by atoms with Crippen LogP contribution in [0.1, 0.15) is 105 Å². The van der Waals surface area contributed by atoms with E-state index in [2.05, 4.69) is 27.3 Å². The van der Waals surface area contributed by atoms with E-state index in [0.29, 0.717) is 41.1 Å². The number of amides is 6. The number of hydrogen-bond donors (Lipinski definition) is 5. The predicted octanol–water partition coefficient (Wildman–Crippen LogP) is 6.92. The zero-order valence-electron chi connectivity index (χ0n) is 51.6. The summed E-state index contributed by atoms with van der Waals surface area (Å²) in [6, 6.07) is 29.5. The summed E-state index contributed by atoms with van der Waals surface area (Å²) in [5, 5.41) is 23.2. The molecule has 3 aliphatic heterocycles. The van der Waals surface area contributed by atoms with Crippen LogP contribution < -0.4 is 31.7 Å². The maximum atomic E-state index is 14.0. The molecule has 2 aromatic heterocycles. The van der Waals surface area contributed by atoms with Gasteiger partial charge in [-0.3, -0.25) is 28.8 Å². The average molecular weight is 1230 g/mol. The van der Waals surface area contributed by atoms with E-state index >= 15 is 0 Å². The van der Waals surface area contributed by atoms with Crippen molar-refractivity contribution >= 4 is 76.0 Å². The van der Waals surface area contributed by atoms with Crippen molar-refractivity contribution in [3.8, 4) is 11.4 Å². The Kier molecular flexibility index (Phi) is 21.7. The molecule has 3 aliphatic rings. The quantitative estimate of drug-likeness (QED) is 0.0258. The third kappa shape index (κ3) is 15.5. The molecule has 22 heteroatoms. The van der Waals surface area contributed by atoms with Gasteiger partial charge in [-0.15, -0.1) is 0 Å². The molecule has 0 saturated carbocycles. The first kappa shape index (κ1) is 65.4. The van der Waals surface area contributed by atoms with Gasteiger partial charge in [0.05, 0.1) is 74.3 Å². The minimum Gasteiger partial charge on any atom is -0.458 e. The molecule has 4 aromatic carbocycles. The van der Waals surface area contributed by atoms with Crippen molar-refractivity contribution in [1.82, 2.24) is 30.4 Å². The Bertz CT molecular complexity index is 3730. The molecule has 0 radical (unpaired) electrons. The fourth-order valence-corrected chi connectivity index (χ4v) is 11.2. The van der Waals surface area contributed by atoms with Gasteiger partial charge in [-0.25, -0.2) is 14.6 Å². The minimum absolute atomic E-state index is 0.0251. The number of anilines is 2. The van der Waals surface area contributed by atoms with Gasteiger partial charge in [0.25, 0.3) is 5.56 Å². The van der Waals surface area contributed by atoms with Crippen molar-refractivity contribution in [2.45, 2.75) is 117 Å². The molecule has 0 fully saturated rings. The second-order valence-corrected chi connectivity index (χ2v) is 23.0. The molecule has 0 aliphatic carbocycles. The summed E-state index contributed by atoms with van der Waals surface area (Å²) in [6.45, 7) is 12.1. The summed E-state index contributed by atoms with van der Waals surface area (Å²) in [5.41, 5.74) is 6.50. The molecule has 6 amide bonds. The molecule has 3 atom stereocenters. The van der Waals surface area contributed by atoms with Crippen LogP contribution in [0.25, 0.3) is 34.4 Å². The van der Waals surface area contributed by atoms with E-state index in [0.717, 1.165) is 38.9 Å². The van der Waals surface area contributed by atoms with Crippen molar-refractivity contribution in [1.29, 1.82) is 0 Å². The molecule has 5 N–H and O–H groups in total. The van der Waals surface area contributed by atoms with Crippen LogP contribution in [0.15, 0.2) is 108 Å². The number of aliphatic hydroxyl groups is 1. The molecule has 0 bridgehead atoms. The lowest BCUT2D eigenvalue weighted by Crippen LogP contribution is -2.54. The van der Waals surface area contributed by atoms with Crippen LogP contribution in [0.4, 0.5) is 16.2 Å². The lowest BCUT2D eigenvalue weighted by molar-refractivity contribution is -0.172. The van der Waals surface area contributed by atoms with Gasteiger partial charge in [0.15, 0.2) is 5.60 Å². The van der Waals surface area contributed by atoms with Gasteiger partial charge in [0.2, 0.25) is 29.5 Å². The van der Waals surface area contributed by atoms with Gasteiger partial charge in [0, 0.05) is 54.2 Å². The highest BCUT2D eigenvalue weighted by atomic mass is 16.6. The summed E-state index contributed by atoms with van der Waals surface area (Å²) in [7, 11) is 0. The summed E-state index contributed by atoms with van der Waals surface area (Å²) in [5.74, 6) is -3.10. The number of rotatable bonds is 27.